The van der Waals surface area contributed by atoms with Crippen LogP contribution in [-0.4, -0.2) is 46.1 Å². The van der Waals surface area contributed by atoms with Gasteiger partial charge in [0.15, 0.2) is 0 Å². The summed E-state index contributed by atoms with van der Waals surface area (Å²) in [5, 5.41) is 12.2. The van der Waals surface area contributed by atoms with Crippen molar-refractivity contribution in [2.24, 2.45) is 0 Å². The van der Waals surface area contributed by atoms with Crippen LogP contribution in [0, 0.1) is 0 Å². The highest BCUT2D eigenvalue weighted by atomic mass is 16.3. The molecule has 2 unspecified atom stereocenters. The van der Waals surface area contributed by atoms with Crippen LogP contribution in [0.25, 0.3) is 0 Å². The minimum absolute atomic E-state index is 0.00306. The molecule has 0 aliphatic rings. The van der Waals surface area contributed by atoms with Crippen molar-refractivity contribution < 1.29 is 9.90 Å². The molecule has 0 aliphatic carbocycles. The molecule has 2 N–H and O–H groups in total. The molecule has 0 fully saturated rings. The molecule has 112 valence electrons. The number of aliphatic hydroxyl groups is 1. The average Bonchev–Trinajstić information content (AvgIpc) is 2.46. The first kappa shape index (κ1) is 16.6. The summed E-state index contributed by atoms with van der Waals surface area (Å²) in [5.74, 6) is -0.00306. The van der Waals surface area contributed by atoms with Gasteiger partial charge in [-0.25, -0.2) is 0 Å². The van der Waals surface area contributed by atoms with Gasteiger partial charge in [-0.05, 0) is 31.9 Å². The topological polar surface area (TPSA) is 65.5 Å². The smallest absolute Gasteiger partial charge is 0.237 e. The fraction of sp³-hybridized carbons (Fsp3) is 0.600. The van der Waals surface area contributed by atoms with Crippen LogP contribution in [0.4, 0.5) is 0 Å². The molecule has 0 aromatic carbocycles. The fourth-order valence-corrected chi connectivity index (χ4v) is 1.90. The summed E-state index contributed by atoms with van der Waals surface area (Å²) in [4.78, 5) is 18.2. The Bertz CT molecular complexity index is 397. The van der Waals surface area contributed by atoms with Gasteiger partial charge in [0.25, 0.3) is 0 Å². The highest BCUT2D eigenvalue weighted by Gasteiger charge is 2.21. The van der Waals surface area contributed by atoms with Gasteiger partial charge in [0.1, 0.15) is 0 Å². The van der Waals surface area contributed by atoms with Gasteiger partial charge in [-0.15, -0.1) is 0 Å². The molecule has 2 atom stereocenters. The van der Waals surface area contributed by atoms with Crippen LogP contribution in [0.3, 0.4) is 0 Å². The first-order valence-corrected chi connectivity index (χ1v) is 7.12. The second-order valence-corrected chi connectivity index (χ2v) is 5.05. The fourth-order valence-electron chi connectivity index (χ4n) is 1.90. The van der Waals surface area contributed by atoms with Crippen molar-refractivity contribution in [3.63, 3.8) is 0 Å². The van der Waals surface area contributed by atoms with E-state index in [9.17, 15) is 9.90 Å². The van der Waals surface area contributed by atoms with Gasteiger partial charge in [0.05, 0.1) is 12.6 Å². The third kappa shape index (κ3) is 5.27. The number of hydrogen-bond acceptors (Lipinski definition) is 4. The third-order valence-electron chi connectivity index (χ3n) is 3.42. The van der Waals surface area contributed by atoms with Crippen LogP contribution in [0.15, 0.2) is 24.5 Å². The van der Waals surface area contributed by atoms with Gasteiger partial charge >= 0.3 is 0 Å². The van der Waals surface area contributed by atoms with Gasteiger partial charge in [0, 0.05) is 31.5 Å². The van der Waals surface area contributed by atoms with Gasteiger partial charge in [0.2, 0.25) is 5.91 Å². The molecule has 1 amide bonds. The van der Waals surface area contributed by atoms with Gasteiger partial charge in [-0.2, -0.15) is 0 Å². The number of nitrogens with one attached hydrogen (secondary N) is 1. The lowest BCUT2D eigenvalue weighted by Crippen LogP contribution is -2.48. The molecule has 1 heterocycles. The van der Waals surface area contributed by atoms with E-state index in [1.807, 2.05) is 37.8 Å². The van der Waals surface area contributed by atoms with Crippen molar-refractivity contribution in [2.75, 3.05) is 13.2 Å². The zero-order chi connectivity index (χ0) is 15.0. The molecule has 1 aromatic rings. The summed E-state index contributed by atoms with van der Waals surface area (Å²) >= 11 is 0. The first-order chi connectivity index (χ1) is 9.58. The number of aliphatic hydroxyl groups excluding tert-OH is 1. The zero-order valence-corrected chi connectivity index (χ0v) is 12.5. The van der Waals surface area contributed by atoms with Gasteiger partial charge in [-0.1, -0.05) is 13.0 Å². The molecular weight excluding hydrogens is 254 g/mol. The molecule has 0 bridgehead atoms. The predicted octanol–water partition coefficient (Wildman–Crippen LogP) is 1.18. The van der Waals surface area contributed by atoms with E-state index in [1.54, 1.807) is 12.4 Å². The van der Waals surface area contributed by atoms with Crippen molar-refractivity contribution in [1.82, 2.24) is 15.2 Å². The number of hydrogen-bond donors (Lipinski definition) is 2. The van der Waals surface area contributed by atoms with Crippen LogP contribution in [0.5, 0.6) is 0 Å². The second-order valence-electron chi connectivity index (χ2n) is 5.05. The number of pyridine rings is 1. The SMILES string of the molecule is CCC(C)NC(=O)C(C)N(CCO)Cc1cccnc1. The quantitative estimate of drug-likeness (QED) is 0.750. The van der Waals surface area contributed by atoms with E-state index in [1.165, 1.54) is 0 Å². The maximum atomic E-state index is 12.2. The zero-order valence-electron chi connectivity index (χ0n) is 12.5. The van der Waals surface area contributed by atoms with E-state index in [0.717, 1.165) is 12.0 Å². The maximum Gasteiger partial charge on any atom is 0.237 e. The molecule has 1 rings (SSSR count). The minimum Gasteiger partial charge on any atom is -0.395 e. The Hall–Kier alpha value is -1.46. The van der Waals surface area contributed by atoms with Gasteiger partial charge in [-0.3, -0.25) is 14.7 Å². The summed E-state index contributed by atoms with van der Waals surface area (Å²) in [7, 11) is 0. The van der Waals surface area contributed by atoms with Crippen LogP contribution < -0.4 is 5.32 Å². The number of carbonyl (C=O) groups is 1. The van der Waals surface area contributed by atoms with Crippen molar-refractivity contribution in [1.29, 1.82) is 0 Å². The Balaban J connectivity index is 2.67. The van der Waals surface area contributed by atoms with Crippen LogP contribution in [0.1, 0.15) is 32.8 Å². The highest BCUT2D eigenvalue weighted by molar-refractivity contribution is 5.81. The number of carbonyl (C=O) groups excluding carboxylic acids is 1. The summed E-state index contributed by atoms with van der Waals surface area (Å²) in [6, 6.07) is 3.73. The van der Waals surface area contributed by atoms with Crippen LogP contribution in [0.2, 0.25) is 0 Å². The molecule has 0 saturated heterocycles. The molecule has 0 aliphatic heterocycles. The van der Waals surface area contributed by atoms with E-state index in [4.69, 9.17) is 0 Å². The van der Waals surface area contributed by atoms with E-state index in [-0.39, 0.29) is 24.6 Å². The first-order valence-electron chi connectivity index (χ1n) is 7.12. The molecule has 0 radical (unpaired) electrons. The number of aromatic nitrogens is 1. The standard InChI is InChI=1S/C15H25N3O2/c1-4-12(2)17-15(20)13(3)18(8-9-19)11-14-6-5-7-16-10-14/h5-7,10,12-13,19H,4,8-9,11H2,1-3H3,(H,17,20). The third-order valence-corrected chi connectivity index (χ3v) is 3.42. The summed E-state index contributed by atoms with van der Waals surface area (Å²) < 4.78 is 0. The molecule has 5 nitrogen and oxygen atoms in total. The largest absolute Gasteiger partial charge is 0.395 e. The Morgan fingerprint density at radius 2 is 2.25 bits per heavy atom. The normalized spacial score (nSPS) is 14.1. The van der Waals surface area contributed by atoms with E-state index in [2.05, 4.69) is 10.3 Å². The summed E-state index contributed by atoms with van der Waals surface area (Å²) in [6.45, 7) is 6.98. The Kier molecular flexibility index (Phi) is 7.18. The molecule has 5 heteroatoms. The van der Waals surface area contributed by atoms with E-state index < -0.39 is 0 Å². The number of amides is 1. The molecule has 20 heavy (non-hydrogen) atoms. The molecular formula is C15H25N3O2. The average molecular weight is 279 g/mol. The van der Waals surface area contributed by atoms with Crippen molar-refractivity contribution in [2.45, 2.75) is 45.8 Å². The Labute approximate surface area is 121 Å². The second kappa shape index (κ2) is 8.66. The molecule has 0 saturated carbocycles. The van der Waals surface area contributed by atoms with Crippen molar-refractivity contribution in [3.8, 4) is 0 Å². The van der Waals surface area contributed by atoms with Crippen LogP contribution >= 0.6 is 0 Å². The number of nitrogens with zero attached hydrogens (tertiary/aromatic N) is 2. The Morgan fingerprint density at radius 3 is 2.80 bits per heavy atom. The summed E-state index contributed by atoms with van der Waals surface area (Å²) in [5.41, 5.74) is 1.03. The monoisotopic (exact) mass is 279 g/mol. The highest BCUT2D eigenvalue weighted by Crippen LogP contribution is 2.07. The predicted molar refractivity (Wildman–Crippen MR) is 79.1 cm³/mol. The van der Waals surface area contributed by atoms with E-state index >= 15 is 0 Å². The lowest BCUT2D eigenvalue weighted by molar-refractivity contribution is -0.126. The minimum atomic E-state index is -0.281. The van der Waals surface area contributed by atoms with Crippen LogP contribution in [-0.2, 0) is 11.3 Å². The van der Waals surface area contributed by atoms with Crippen molar-refractivity contribution in [3.05, 3.63) is 30.1 Å². The van der Waals surface area contributed by atoms with E-state index in [0.29, 0.717) is 13.1 Å². The molecule has 0 spiro atoms. The maximum absolute atomic E-state index is 12.2. The summed E-state index contributed by atoms with van der Waals surface area (Å²) in [6.07, 6.45) is 4.41. The lowest BCUT2D eigenvalue weighted by Gasteiger charge is -2.28. The number of rotatable bonds is 8. The lowest BCUT2D eigenvalue weighted by atomic mass is 10.2. The van der Waals surface area contributed by atoms with Crippen molar-refractivity contribution >= 4 is 5.91 Å². The molecule has 1 aromatic heterocycles. The Morgan fingerprint density at radius 1 is 1.50 bits per heavy atom. The van der Waals surface area contributed by atoms with Gasteiger partial charge < -0.3 is 10.4 Å².